The summed E-state index contributed by atoms with van der Waals surface area (Å²) in [5.74, 6) is 3.10. The van der Waals surface area contributed by atoms with Gasteiger partial charge in [-0.05, 0) is 143 Å². The molecule has 0 fully saturated rings. The number of pyridine rings is 2. The van der Waals surface area contributed by atoms with Crippen LogP contribution in [0.3, 0.4) is 0 Å². The maximum absolute atomic E-state index is 13.7. The fourth-order valence-corrected chi connectivity index (χ4v) is 11.3. The number of esters is 3. The van der Waals surface area contributed by atoms with Gasteiger partial charge in [0.15, 0.2) is 5.60 Å². The fourth-order valence-electron chi connectivity index (χ4n) is 11.3. The van der Waals surface area contributed by atoms with E-state index < -0.39 is 11.6 Å². The van der Waals surface area contributed by atoms with Gasteiger partial charge in [0.2, 0.25) is 0 Å². The minimum Gasteiger partial charge on any atom is -0.487 e. The molecule has 1 N–H and O–H groups in total. The van der Waals surface area contributed by atoms with Crippen LogP contribution in [0.5, 0.6) is 17.2 Å². The number of unbranched alkanes of at least 4 members (excludes halogenated alkanes) is 3. The summed E-state index contributed by atoms with van der Waals surface area (Å²) in [6.07, 6.45) is 17.5. The van der Waals surface area contributed by atoms with Crippen molar-refractivity contribution in [2.24, 2.45) is 17.8 Å². The Bertz CT molecular complexity index is 2650. The highest BCUT2D eigenvalue weighted by Crippen LogP contribution is 2.46. The Balaban J connectivity index is 0.849. The zero-order chi connectivity index (χ0) is 50.5. The normalized spacial score (nSPS) is 18.9. The van der Waals surface area contributed by atoms with Crippen molar-refractivity contribution in [3.8, 4) is 28.6 Å². The molecule has 0 saturated carbocycles. The molecule has 5 heterocycles. The second kappa shape index (κ2) is 22.6. The molecular formula is C59H80N2O9. The lowest BCUT2D eigenvalue weighted by Gasteiger charge is -2.38. The molecule has 70 heavy (non-hydrogen) atoms. The van der Waals surface area contributed by atoms with Crippen molar-refractivity contribution in [3.63, 3.8) is 0 Å². The highest BCUT2D eigenvalue weighted by molar-refractivity contribution is 5.90. The van der Waals surface area contributed by atoms with Crippen LogP contribution in [0.1, 0.15) is 202 Å². The molecule has 0 bridgehead atoms. The minimum atomic E-state index is -1.90. The summed E-state index contributed by atoms with van der Waals surface area (Å²) in [6.45, 7) is 21.8. The third kappa shape index (κ3) is 11.5. The van der Waals surface area contributed by atoms with E-state index in [2.05, 4.69) is 48.5 Å². The van der Waals surface area contributed by atoms with E-state index in [0.717, 1.165) is 94.4 Å². The summed E-state index contributed by atoms with van der Waals surface area (Å²) in [6, 6.07) is 7.09. The molecule has 0 aliphatic carbocycles. The van der Waals surface area contributed by atoms with Crippen LogP contribution in [0.15, 0.2) is 29.1 Å². The number of cyclic esters (lactones) is 1. The van der Waals surface area contributed by atoms with Gasteiger partial charge in [-0.2, -0.15) is 0 Å². The molecule has 0 radical (unpaired) electrons. The second-order valence-electron chi connectivity index (χ2n) is 21.8. The Morgan fingerprint density at radius 1 is 0.800 bits per heavy atom. The van der Waals surface area contributed by atoms with Gasteiger partial charge < -0.3 is 28.6 Å². The number of ether oxygens (including phenoxy) is 4. The fraction of sp³-hybridized carbons (Fsp3) is 0.610. The van der Waals surface area contributed by atoms with Gasteiger partial charge in [-0.15, -0.1) is 0 Å². The van der Waals surface area contributed by atoms with Crippen LogP contribution in [0.2, 0.25) is 0 Å². The molecule has 3 aliphatic heterocycles. The number of hydrogen-bond acceptors (Lipinski definition) is 10. The highest BCUT2D eigenvalue weighted by atomic mass is 16.6. The topological polar surface area (TPSA) is 143 Å². The van der Waals surface area contributed by atoms with Crippen LogP contribution < -0.4 is 19.8 Å². The predicted octanol–water partition coefficient (Wildman–Crippen LogP) is 12.9. The van der Waals surface area contributed by atoms with Crippen molar-refractivity contribution < 1.29 is 38.4 Å². The summed E-state index contributed by atoms with van der Waals surface area (Å²) in [5.41, 5.74) is 6.09. The molecule has 1 unspecified atom stereocenters. The van der Waals surface area contributed by atoms with Gasteiger partial charge in [-0.3, -0.25) is 14.4 Å². The first kappa shape index (κ1) is 52.8. The van der Waals surface area contributed by atoms with E-state index in [4.69, 9.17) is 23.9 Å². The second-order valence-corrected chi connectivity index (χ2v) is 21.8. The average Bonchev–Trinajstić information content (AvgIpc) is 3.69. The standard InChI is InChI=1S/C59H80N2O9/c1-11-43-45-32-42(27-28-49(45)60-53-46(43)34-61-50(53)33-48-47(56(61)64)35-67-57(65)59(48,66)12-2)68-51(62)25-15-13-14-16-26-52(63)69-54-39(7)40(8)55-44(41(54)9)29-31-58(10,70-55)30-19-24-38(6)23-18-22-37(5)21-17-20-36(3)4/h27-28,32-33,36-38,66H,11-26,29-31,34-35H2,1-10H3/t37-,38-,58?,59+/m1/s1. The van der Waals surface area contributed by atoms with Gasteiger partial charge in [0.05, 0.1) is 29.0 Å². The van der Waals surface area contributed by atoms with Crippen LogP contribution in [0, 0.1) is 38.5 Å². The van der Waals surface area contributed by atoms with E-state index >= 15 is 0 Å². The molecule has 0 amide bonds. The maximum Gasteiger partial charge on any atom is 0.343 e. The zero-order valence-corrected chi connectivity index (χ0v) is 44.0. The van der Waals surface area contributed by atoms with E-state index in [0.29, 0.717) is 60.6 Å². The van der Waals surface area contributed by atoms with E-state index in [-0.39, 0.29) is 53.7 Å². The molecule has 4 atom stereocenters. The number of benzene rings is 2. The first-order chi connectivity index (χ1) is 33.4. The van der Waals surface area contributed by atoms with Crippen molar-refractivity contribution in [1.82, 2.24) is 9.55 Å². The Labute approximate surface area is 416 Å². The third-order valence-electron chi connectivity index (χ3n) is 15.9. The largest absolute Gasteiger partial charge is 0.487 e. The summed E-state index contributed by atoms with van der Waals surface area (Å²) in [7, 11) is 0. The van der Waals surface area contributed by atoms with Gasteiger partial charge in [-0.1, -0.05) is 99.3 Å². The smallest absolute Gasteiger partial charge is 0.343 e. The first-order valence-electron chi connectivity index (χ1n) is 26.7. The maximum atomic E-state index is 13.7. The van der Waals surface area contributed by atoms with Crippen molar-refractivity contribution in [2.45, 2.75) is 216 Å². The summed E-state index contributed by atoms with van der Waals surface area (Å²) < 4.78 is 25.6. The van der Waals surface area contributed by atoms with Crippen LogP contribution in [-0.2, 0) is 50.7 Å². The van der Waals surface area contributed by atoms with Crippen molar-refractivity contribution >= 4 is 28.8 Å². The van der Waals surface area contributed by atoms with E-state index in [1.807, 2.05) is 26.0 Å². The molecule has 11 heteroatoms. The molecule has 4 aromatic rings. The van der Waals surface area contributed by atoms with Gasteiger partial charge in [-0.25, -0.2) is 9.78 Å². The Hall–Kier alpha value is -5.03. The van der Waals surface area contributed by atoms with Crippen LogP contribution in [-0.4, -0.2) is 38.2 Å². The van der Waals surface area contributed by atoms with Crippen LogP contribution >= 0.6 is 0 Å². The Morgan fingerprint density at radius 3 is 2.11 bits per heavy atom. The predicted molar refractivity (Wildman–Crippen MR) is 276 cm³/mol. The van der Waals surface area contributed by atoms with Crippen molar-refractivity contribution in [2.75, 3.05) is 0 Å². The number of aromatic nitrogens is 2. The molecule has 11 nitrogen and oxygen atoms in total. The number of carbonyl (C=O) groups excluding carboxylic acids is 3. The molecular weight excluding hydrogens is 881 g/mol. The number of nitrogens with zero attached hydrogens (tertiary/aromatic N) is 2. The minimum absolute atomic E-state index is 0.0725. The van der Waals surface area contributed by atoms with E-state index in [1.165, 1.54) is 51.4 Å². The summed E-state index contributed by atoms with van der Waals surface area (Å²) >= 11 is 0. The summed E-state index contributed by atoms with van der Waals surface area (Å²) in [5, 5.41) is 12.1. The van der Waals surface area contributed by atoms with E-state index in [9.17, 15) is 24.3 Å². The Morgan fingerprint density at radius 2 is 1.46 bits per heavy atom. The Kier molecular flexibility index (Phi) is 17.0. The lowest BCUT2D eigenvalue weighted by Crippen LogP contribution is -2.44. The molecule has 7 rings (SSSR count). The van der Waals surface area contributed by atoms with Crippen molar-refractivity contribution in [3.05, 3.63) is 79.1 Å². The molecule has 2 aromatic heterocycles. The van der Waals surface area contributed by atoms with Gasteiger partial charge in [0.1, 0.15) is 29.5 Å². The molecule has 0 saturated heterocycles. The SMILES string of the molecule is CCc1c2c(nc3ccc(OC(=O)CCCCCCC(=O)Oc4c(C)c(C)c5c(c4C)CCC(C)(CCC[C@H](C)CCC[C@H](C)CCCC(C)C)O5)cc13)-c1cc3c(c(=O)n1C2)COC(=O)[C@]3(O)CC. The van der Waals surface area contributed by atoms with Gasteiger partial charge in [0.25, 0.3) is 5.56 Å². The lowest BCUT2D eigenvalue weighted by atomic mass is 9.83. The highest BCUT2D eigenvalue weighted by Gasteiger charge is 2.45. The molecule has 2 aromatic carbocycles. The van der Waals surface area contributed by atoms with E-state index in [1.54, 1.807) is 23.6 Å². The number of carbonyl (C=O) groups is 3. The summed E-state index contributed by atoms with van der Waals surface area (Å²) in [4.78, 5) is 57.5. The zero-order valence-electron chi connectivity index (χ0n) is 44.0. The van der Waals surface area contributed by atoms with Crippen LogP contribution in [0.25, 0.3) is 22.3 Å². The average molecular weight is 961 g/mol. The number of hydrogen-bond donors (Lipinski definition) is 1. The number of fused-ring (bicyclic) bond motifs is 6. The number of rotatable bonds is 23. The van der Waals surface area contributed by atoms with Gasteiger partial charge in [0, 0.05) is 34.9 Å². The third-order valence-corrected chi connectivity index (χ3v) is 15.9. The quantitative estimate of drug-likeness (QED) is 0.0382. The van der Waals surface area contributed by atoms with Crippen LogP contribution in [0.4, 0.5) is 0 Å². The molecule has 0 spiro atoms. The monoisotopic (exact) mass is 961 g/mol. The van der Waals surface area contributed by atoms with Crippen molar-refractivity contribution in [1.29, 1.82) is 0 Å². The molecule has 3 aliphatic rings. The number of aliphatic hydroxyl groups is 1. The lowest BCUT2D eigenvalue weighted by molar-refractivity contribution is -0.172. The van der Waals surface area contributed by atoms with Gasteiger partial charge >= 0.3 is 17.9 Å². The molecule has 380 valence electrons. The number of aryl methyl sites for hydroxylation is 1. The first-order valence-corrected chi connectivity index (χ1v) is 26.7.